The van der Waals surface area contributed by atoms with Crippen molar-refractivity contribution in [1.82, 2.24) is 14.1 Å². The molecule has 2 aromatic rings. The highest BCUT2D eigenvalue weighted by Crippen LogP contribution is 2.27. The first-order chi connectivity index (χ1) is 14.9. The van der Waals surface area contributed by atoms with Gasteiger partial charge in [0.2, 0.25) is 15.9 Å². The van der Waals surface area contributed by atoms with E-state index < -0.39 is 16.1 Å². The normalized spacial score (nSPS) is 21.3. The average Bonchev–Trinajstić information content (AvgIpc) is 3.28. The molecule has 2 aliphatic rings. The second-order valence-corrected chi connectivity index (χ2v) is 10.2. The molecule has 0 bridgehead atoms. The monoisotopic (exact) mass is 442 g/mol. The Kier molecular flexibility index (Phi) is 6.71. The maximum absolute atomic E-state index is 13.0. The summed E-state index contributed by atoms with van der Waals surface area (Å²) >= 11 is 0. The van der Waals surface area contributed by atoms with E-state index in [0.29, 0.717) is 25.1 Å². The predicted octanol–water partition coefficient (Wildman–Crippen LogP) is 2.23. The second-order valence-electron chi connectivity index (χ2n) is 8.35. The highest BCUT2D eigenvalue weighted by Gasteiger charge is 2.39. The lowest BCUT2D eigenvalue weighted by Gasteiger charge is -2.32. The number of carbonyl (C=O) groups is 1. The van der Waals surface area contributed by atoms with Crippen LogP contribution in [0.5, 0.6) is 0 Å². The van der Waals surface area contributed by atoms with Crippen molar-refractivity contribution in [2.75, 3.05) is 45.1 Å². The average molecular weight is 443 g/mol. The fraction of sp³-hybridized carbons (Fsp3) is 0.435. The minimum Gasteiger partial charge on any atom is -0.325 e. The zero-order valence-electron chi connectivity index (χ0n) is 17.9. The number of carbonyl (C=O) groups excluding carboxylic acids is 1. The maximum Gasteiger partial charge on any atom is 0.243 e. The van der Waals surface area contributed by atoms with Gasteiger partial charge in [-0.2, -0.15) is 4.31 Å². The van der Waals surface area contributed by atoms with Gasteiger partial charge in [0.25, 0.3) is 0 Å². The van der Waals surface area contributed by atoms with E-state index in [4.69, 9.17) is 0 Å². The van der Waals surface area contributed by atoms with E-state index in [9.17, 15) is 13.2 Å². The molecule has 2 heterocycles. The van der Waals surface area contributed by atoms with Crippen molar-refractivity contribution in [3.8, 4) is 0 Å². The number of hydrogen-bond donors (Lipinski definition) is 1. The summed E-state index contributed by atoms with van der Waals surface area (Å²) in [5, 5.41) is 2.91. The van der Waals surface area contributed by atoms with Gasteiger partial charge in [-0.25, -0.2) is 8.42 Å². The SMILES string of the molecule is CN1CCN(Cc2ccc(NC(=O)C3CCCN3S(=O)(=O)c3ccccc3)cc2)CC1. The molecule has 0 aliphatic carbocycles. The number of benzene rings is 2. The summed E-state index contributed by atoms with van der Waals surface area (Å²) in [5.41, 5.74) is 1.90. The number of sulfonamides is 1. The van der Waals surface area contributed by atoms with Gasteiger partial charge in [-0.1, -0.05) is 30.3 Å². The third-order valence-corrected chi connectivity index (χ3v) is 8.00. The summed E-state index contributed by atoms with van der Waals surface area (Å²) in [7, 11) is -1.54. The lowest BCUT2D eigenvalue weighted by Crippen LogP contribution is -2.43. The molecule has 0 spiro atoms. The van der Waals surface area contributed by atoms with Crippen LogP contribution in [0.4, 0.5) is 5.69 Å². The fourth-order valence-electron chi connectivity index (χ4n) is 4.20. The third-order valence-electron chi connectivity index (χ3n) is 6.08. The molecular formula is C23H30N4O3S. The fourth-order valence-corrected chi connectivity index (χ4v) is 5.88. The number of hydrogen-bond acceptors (Lipinski definition) is 5. The van der Waals surface area contributed by atoms with Crippen LogP contribution in [0.3, 0.4) is 0 Å². The molecule has 1 N–H and O–H groups in total. The van der Waals surface area contributed by atoms with E-state index >= 15 is 0 Å². The van der Waals surface area contributed by atoms with Gasteiger partial charge in [0.05, 0.1) is 4.90 Å². The summed E-state index contributed by atoms with van der Waals surface area (Å²) in [5.74, 6) is -0.274. The Morgan fingerprint density at radius 2 is 1.65 bits per heavy atom. The minimum atomic E-state index is -3.69. The number of amides is 1. The lowest BCUT2D eigenvalue weighted by atomic mass is 10.1. The van der Waals surface area contributed by atoms with Gasteiger partial charge in [0, 0.05) is 45.0 Å². The molecule has 1 atom stereocenters. The first-order valence-corrected chi connectivity index (χ1v) is 12.2. The van der Waals surface area contributed by atoms with Crippen LogP contribution in [0.2, 0.25) is 0 Å². The van der Waals surface area contributed by atoms with Crippen LogP contribution < -0.4 is 5.32 Å². The molecule has 2 aliphatic heterocycles. The van der Waals surface area contributed by atoms with Gasteiger partial charge in [-0.15, -0.1) is 0 Å². The van der Waals surface area contributed by atoms with Crippen molar-refractivity contribution in [3.63, 3.8) is 0 Å². The molecule has 31 heavy (non-hydrogen) atoms. The smallest absolute Gasteiger partial charge is 0.243 e. The van der Waals surface area contributed by atoms with Crippen molar-refractivity contribution in [1.29, 1.82) is 0 Å². The first-order valence-electron chi connectivity index (χ1n) is 10.8. The van der Waals surface area contributed by atoms with Gasteiger partial charge in [0.1, 0.15) is 6.04 Å². The minimum absolute atomic E-state index is 0.225. The van der Waals surface area contributed by atoms with E-state index in [1.54, 1.807) is 30.3 Å². The molecule has 0 saturated carbocycles. The molecule has 4 rings (SSSR count). The number of nitrogens with zero attached hydrogens (tertiary/aromatic N) is 3. The van der Waals surface area contributed by atoms with Gasteiger partial charge in [0.15, 0.2) is 0 Å². The molecule has 1 amide bonds. The Bertz CT molecular complexity index is 987. The maximum atomic E-state index is 13.0. The van der Waals surface area contributed by atoms with E-state index in [-0.39, 0.29) is 10.8 Å². The number of anilines is 1. The Morgan fingerprint density at radius 1 is 0.968 bits per heavy atom. The molecule has 1 unspecified atom stereocenters. The molecule has 0 radical (unpaired) electrons. The van der Waals surface area contributed by atoms with Crippen LogP contribution >= 0.6 is 0 Å². The summed E-state index contributed by atoms with van der Waals surface area (Å²) in [6.45, 7) is 5.54. The molecule has 2 saturated heterocycles. The van der Waals surface area contributed by atoms with Crippen molar-refractivity contribution in [2.45, 2.75) is 30.3 Å². The van der Waals surface area contributed by atoms with Gasteiger partial charge in [-0.3, -0.25) is 9.69 Å². The molecule has 8 heteroatoms. The van der Waals surface area contributed by atoms with Crippen molar-refractivity contribution >= 4 is 21.6 Å². The van der Waals surface area contributed by atoms with Gasteiger partial charge < -0.3 is 10.2 Å². The summed E-state index contributed by atoms with van der Waals surface area (Å²) in [6.07, 6.45) is 1.20. The molecule has 2 aromatic carbocycles. The third kappa shape index (κ3) is 5.15. The number of piperazine rings is 1. The number of nitrogens with one attached hydrogen (secondary N) is 1. The molecule has 7 nitrogen and oxygen atoms in total. The summed E-state index contributed by atoms with van der Waals surface area (Å²) in [4.78, 5) is 17.9. The second kappa shape index (κ2) is 9.48. The Morgan fingerprint density at radius 3 is 2.32 bits per heavy atom. The van der Waals surface area contributed by atoms with E-state index in [0.717, 1.165) is 32.7 Å². The molecule has 2 fully saturated rings. The molecule has 0 aromatic heterocycles. The van der Waals surface area contributed by atoms with E-state index in [1.165, 1.54) is 9.87 Å². The van der Waals surface area contributed by atoms with E-state index in [1.807, 2.05) is 24.3 Å². The zero-order valence-corrected chi connectivity index (χ0v) is 18.7. The van der Waals surface area contributed by atoms with Crippen LogP contribution in [0.1, 0.15) is 18.4 Å². The standard InChI is InChI=1S/C23H30N4O3S/c1-25-14-16-26(17-15-25)18-19-9-11-20(12-10-19)24-23(28)22-8-5-13-27(22)31(29,30)21-6-3-2-4-7-21/h2-4,6-7,9-12,22H,5,8,13-18H2,1H3,(H,24,28). The van der Waals surface area contributed by atoms with Crippen LogP contribution in [-0.2, 0) is 21.4 Å². The Hall–Kier alpha value is -2.26. The van der Waals surface area contributed by atoms with Crippen LogP contribution in [0.15, 0.2) is 59.5 Å². The quantitative estimate of drug-likeness (QED) is 0.743. The van der Waals surface area contributed by atoms with Crippen LogP contribution in [-0.4, -0.2) is 74.2 Å². The first kappa shape index (κ1) is 22.0. The molecule has 166 valence electrons. The number of rotatable bonds is 6. The van der Waals surface area contributed by atoms with Crippen molar-refractivity contribution in [3.05, 3.63) is 60.2 Å². The molecular weight excluding hydrogens is 412 g/mol. The van der Waals surface area contributed by atoms with Crippen LogP contribution in [0, 0.1) is 0 Å². The Labute approximate surface area is 184 Å². The topological polar surface area (TPSA) is 73.0 Å². The van der Waals surface area contributed by atoms with Gasteiger partial charge in [-0.05, 0) is 49.7 Å². The summed E-state index contributed by atoms with van der Waals surface area (Å²) in [6, 6.07) is 15.5. The summed E-state index contributed by atoms with van der Waals surface area (Å²) < 4.78 is 27.3. The van der Waals surface area contributed by atoms with E-state index in [2.05, 4.69) is 22.2 Å². The highest BCUT2D eigenvalue weighted by atomic mass is 32.2. The van der Waals surface area contributed by atoms with Gasteiger partial charge >= 0.3 is 0 Å². The van der Waals surface area contributed by atoms with Crippen molar-refractivity contribution in [2.24, 2.45) is 0 Å². The highest BCUT2D eigenvalue weighted by molar-refractivity contribution is 7.89. The largest absolute Gasteiger partial charge is 0.325 e. The Balaban J connectivity index is 1.38. The van der Waals surface area contributed by atoms with Crippen LogP contribution in [0.25, 0.3) is 0 Å². The zero-order chi connectivity index (χ0) is 21.8. The van der Waals surface area contributed by atoms with Crippen molar-refractivity contribution < 1.29 is 13.2 Å². The lowest BCUT2D eigenvalue weighted by molar-refractivity contribution is -0.119. The number of likely N-dealkylation sites (N-methyl/N-ethyl adjacent to an activating group) is 1. The predicted molar refractivity (Wildman–Crippen MR) is 121 cm³/mol.